The Morgan fingerprint density at radius 2 is 2.10 bits per heavy atom. The van der Waals surface area contributed by atoms with Crippen LogP contribution in [0.15, 0.2) is 12.3 Å². The first kappa shape index (κ1) is 13.7. The summed E-state index contributed by atoms with van der Waals surface area (Å²) in [6.07, 6.45) is 8.22. The number of nitrogens with zero attached hydrogens (tertiary/aromatic N) is 3. The van der Waals surface area contributed by atoms with E-state index >= 15 is 0 Å². The second-order valence-electron chi connectivity index (χ2n) is 6.03. The maximum Gasteiger partial charge on any atom is 0.202 e. The molecule has 2 N–H and O–H groups in total. The summed E-state index contributed by atoms with van der Waals surface area (Å²) in [5.41, 5.74) is 7.64. The van der Waals surface area contributed by atoms with Crippen molar-refractivity contribution in [1.29, 1.82) is 0 Å². The molecule has 5 heteroatoms. The Morgan fingerprint density at radius 3 is 2.85 bits per heavy atom. The Morgan fingerprint density at radius 1 is 1.35 bits per heavy atom. The van der Waals surface area contributed by atoms with Crippen LogP contribution in [0.25, 0.3) is 11.2 Å². The number of aromatic nitrogens is 3. The van der Waals surface area contributed by atoms with Gasteiger partial charge in [0, 0.05) is 12.7 Å². The van der Waals surface area contributed by atoms with Crippen LogP contribution in [0.5, 0.6) is 0 Å². The Labute approximate surface area is 124 Å². The van der Waals surface area contributed by atoms with Crippen LogP contribution < -0.4 is 5.73 Å². The molecule has 0 aliphatic heterocycles. The summed E-state index contributed by atoms with van der Waals surface area (Å²) in [7, 11) is 0. The van der Waals surface area contributed by atoms with Gasteiger partial charge in [-0.2, -0.15) is 0 Å². The lowest BCUT2D eigenvalue weighted by atomic mass is 9.81. The van der Waals surface area contributed by atoms with E-state index in [4.69, 9.17) is 17.3 Å². The number of nitrogens with two attached hydrogens (primary N) is 1. The Bertz CT molecular complexity index is 599. The number of hydrogen-bond donors (Lipinski definition) is 1. The van der Waals surface area contributed by atoms with Crippen molar-refractivity contribution in [2.24, 2.45) is 11.8 Å². The zero-order chi connectivity index (χ0) is 14.1. The van der Waals surface area contributed by atoms with Crippen LogP contribution in [0, 0.1) is 11.8 Å². The molecule has 0 saturated heterocycles. The number of anilines is 1. The normalized spacial score (nSPS) is 23.3. The maximum atomic E-state index is 6.01. The fourth-order valence-electron chi connectivity index (χ4n) is 3.15. The topological polar surface area (TPSA) is 56.7 Å². The highest BCUT2D eigenvalue weighted by Crippen LogP contribution is 2.31. The van der Waals surface area contributed by atoms with Gasteiger partial charge in [-0.1, -0.05) is 44.2 Å². The molecule has 1 aliphatic rings. The highest BCUT2D eigenvalue weighted by Gasteiger charge is 2.19. The van der Waals surface area contributed by atoms with Gasteiger partial charge in [0.2, 0.25) is 5.95 Å². The molecular weight excluding hydrogens is 272 g/mol. The lowest BCUT2D eigenvalue weighted by Gasteiger charge is -2.26. The monoisotopic (exact) mass is 292 g/mol. The van der Waals surface area contributed by atoms with Crippen LogP contribution in [0.2, 0.25) is 5.02 Å². The Hall–Kier alpha value is -1.29. The molecule has 0 spiro atoms. The lowest BCUT2D eigenvalue weighted by Crippen LogP contribution is -2.15. The SMILES string of the molecule is CC1CCC(CCn2c(N)nc3cc(Cl)cnc32)CC1. The van der Waals surface area contributed by atoms with Gasteiger partial charge < -0.3 is 5.73 Å². The van der Waals surface area contributed by atoms with Crippen LogP contribution in [0.3, 0.4) is 0 Å². The molecule has 2 aromatic heterocycles. The molecule has 3 rings (SSSR count). The van der Waals surface area contributed by atoms with Gasteiger partial charge in [0.1, 0.15) is 5.52 Å². The van der Waals surface area contributed by atoms with Gasteiger partial charge in [0.15, 0.2) is 5.65 Å². The van der Waals surface area contributed by atoms with E-state index in [0.717, 1.165) is 36.0 Å². The van der Waals surface area contributed by atoms with E-state index in [1.54, 1.807) is 6.20 Å². The zero-order valence-corrected chi connectivity index (χ0v) is 12.6. The molecule has 0 atom stereocenters. The summed E-state index contributed by atoms with van der Waals surface area (Å²) in [4.78, 5) is 8.71. The average Bonchev–Trinajstić information content (AvgIpc) is 2.73. The third-order valence-electron chi connectivity index (χ3n) is 4.48. The third kappa shape index (κ3) is 2.75. The Kier molecular flexibility index (Phi) is 3.83. The quantitative estimate of drug-likeness (QED) is 0.934. The maximum absolute atomic E-state index is 6.01. The van der Waals surface area contributed by atoms with Crippen molar-refractivity contribution in [2.75, 3.05) is 5.73 Å². The van der Waals surface area contributed by atoms with Crippen molar-refractivity contribution < 1.29 is 0 Å². The molecule has 20 heavy (non-hydrogen) atoms. The van der Waals surface area contributed by atoms with Crippen molar-refractivity contribution >= 4 is 28.7 Å². The lowest BCUT2D eigenvalue weighted by molar-refractivity contribution is 0.270. The van der Waals surface area contributed by atoms with Crippen molar-refractivity contribution in [3.63, 3.8) is 0 Å². The molecule has 2 aromatic rings. The van der Waals surface area contributed by atoms with E-state index in [-0.39, 0.29) is 0 Å². The van der Waals surface area contributed by atoms with Gasteiger partial charge in [-0.05, 0) is 24.3 Å². The summed E-state index contributed by atoms with van der Waals surface area (Å²) in [6, 6.07) is 1.82. The van der Waals surface area contributed by atoms with Crippen molar-refractivity contribution in [2.45, 2.75) is 45.6 Å². The molecular formula is C15H21ClN4. The van der Waals surface area contributed by atoms with E-state index in [2.05, 4.69) is 16.9 Å². The number of pyridine rings is 1. The third-order valence-corrected chi connectivity index (χ3v) is 4.68. The van der Waals surface area contributed by atoms with E-state index in [1.807, 2.05) is 10.6 Å². The van der Waals surface area contributed by atoms with Gasteiger partial charge in [-0.15, -0.1) is 0 Å². The second-order valence-corrected chi connectivity index (χ2v) is 6.47. The van der Waals surface area contributed by atoms with E-state index in [9.17, 15) is 0 Å². The molecule has 0 bridgehead atoms. The number of hydrogen-bond acceptors (Lipinski definition) is 3. The fourth-order valence-corrected chi connectivity index (χ4v) is 3.31. The van der Waals surface area contributed by atoms with Crippen molar-refractivity contribution in [3.05, 3.63) is 17.3 Å². The second kappa shape index (κ2) is 5.60. The smallest absolute Gasteiger partial charge is 0.202 e. The van der Waals surface area contributed by atoms with Gasteiger partial charge in [-0.3, -0.25) is 4.57 Å². The van der Waals surface area contributed by atoms with Crippen LogP contribution in [-0.2, 0) is 6.54 Å². The zero-order valence-electron chi connectivity index (χ0n) is 11.8. The molecule has 0 radical (unpaired) electrons. The van der Waals surface area contributed by atoms with Gasteiger partial charge >= 0.3 is 0 Å². The van der Waals surface area contributed by atoms with Crippen molar-refractivity contribution in [3.8, 4) is 0 Å². The minimum absolute atomic E-state index is 0.541. The summed E-state index contributed by atoms with van der Waals surface area (Å²) in [5, 5.41) is 0.600. The molecule has 1 fully saturated rings. The number of rotatable bonds is 3. The van der Waals surface area contributed by atoms with Crippen LogP contribution >= 0.6 is 11.6 Å². The molecule has 1 aliphatic carbocycles. The number of aryl methyl sites for hydroxylation is 1. The van der Waals surface area contributed by atoms with Crippen molar-refractivity contribution in [1.82, 2.24) is 14.5 Å². The molecule has 0 amide bonds. The van der Waals surface area contributed by atoms with Gasteiger partial charge in [0.25, 0.3) is 0 Å². The highest BCUT2D eigenvalue weighted by molar-refractivity contribution is 6.31. The molecule has 108 valence electrons. The summed E-state index contributed by atoms with van der Waals surface area (Å²) < 4.78 is 2.02. The standard InChI is InChI=1S/C15H21ClN4/c1-10-2-4-11(5-3-10)6-7-20-14-13(19-15(20)17)8-12(16)9-18-14/h8-11H,2-7H2,1H3,(H2,17,19). The largest absolute Gasteiger partial charge is 0.369 e. The van der Waals surface area contributed by atoms with Gasteiger partial charge in [-0.25, -0.2) is 9.97 Å². The minimum atomic E-state index is 0.541. The minimum Gasteiger partial charge on any atom is -0.369 e. The number of halogens is 1. The predicted octanol–water partition coefficient (Wildman–Crippen LogP) is 3.88. The van der Waals surface area contributed by atoms with Crippen LogP contribution in [0.4, 0.5) is 5.95 Å². The summed E-state index contributed by atoms with van der Waals surface area (Å²) >= 11 is 5.94. The first-order valence-corrected chi connectivity index (χ1v) is 7.78. The summed E-state index contributed by atoms with van der Waals surface area (Å²) in [5.74, 6) is 2.25. The number of imidazole rings is 1. The summed E-state index contributed by atoms with van der Waals surface area (Å²) in [6.45, 7) is 3.25. The van der Waals surface area contributed by atoms with Crippen LogP contribution in [0.1, 0.15) is 39.0 Å². The Balaban J connectivity index is 1.72. The number of fused-ring (bicyclic) bond motifs is 1. The van der Waals surface area contributed by atoms with E-state index < -0.39 is 0 Å². The predicted molar refractivity (Wildman–Crippen MR) is 82.7 cm³/mol. The fraction of sp³-hybridized carbons (Fsp3) is 0.600. The average molecular weight is 293 g/mol. The highest BCUT2D eigenvalue weighted by atomic mass is 35.5. The first-order chi connectivity index (χ1) is 9.63. The number of nitrogen functional groups attached to an aromatic ring is 1. The van der Waals surface area contributed by atoms with Crippen LogP contribution in [-0.4, -0.2) is 14.5 Å². The first-order valence-electron chi connectivity index (χ1n) is 7.40. The molecule has 4 nitrogen and oxygen atoms in total. The van der Waals surface area contributed by atoms with Gasteiger partial charge in [0.05, 0.1) is 5.02 Å². The molecule has 2 heterocycles. The molecule has 0 unspecified atom stereocenters. The van der Waals surface area contributed by atoms with E-state index in [1.165, 1.54) is 25.7 Å². The van der Waals surface area contributed by atoms with E-state index in [0.29, 0.717) is 11.0 Å². The molecule has 1 saturated carbocycles. The molecule has 0 aromatic carbocycles.